The van der Waals surface area contributed by atoms with Crippen molar-refractivity contribution in [3.05, 3.63) is 47.8 Å². The Morgan fingerprint density at radius 3 is 1.71 bits per heavy atom. The first-order valence-corrected chi connectivity index (χ1v) is 16.9. The van der Waals surface area contributed by atoms with Gasteiger partial charge in [-0.2, -0.15) is 10.2 Å². The van der Waals surface area contributed by atoms with Crippen molar-refractivity contribution in [1.82, 2.24) is 24.5 Å². The van der Waals surface area contributed by atoms with Crippen molar-refractivity contribution < 1.29 is 33.4 Å². The highest BCUT2D eigenvalue weighted by Gasteiger charge is 2.24. The minimum atomic E-state index is -0.243. The predicted molar refractivity (Wildman–Crippen MR) is 187 cm³/mol. The summed E-state index contributed by atoms with van der Waals surface area (Å²) in [4.78, 5) is 54.2. The van der Waals surface area contributed by atoms with Gasteiger partial charge >= 0.3 is 0 Å². The highest BCUT2D eigenvalue weighted by atomic mass is 16.5. The lowest BCUT2D eigenvalue weighted by Crippen LogP contribution is -2.36. The normalized spacial score (nSPS) is 11.7. The van der Waals surface area contributed by atoms with E-state index in [0.717, 1.165) is 6.42 Å². The largest absolute Gasteiger partial charge is 0.497 e. The van der Waals surface area contributed by atoms with E-state index in [0.29, 0.717) is 70.1 Å². The fourth-order valence-electron chi connectivity index (χ4n) is 5.47. The number of hydrogen-bond donors (Lipinski definition) is 0. The van der Waals surface area contributed by atoms with Crippen molar-refractivity contribution in [2.45, 2.75) is 67.5 Å². The number of ketones is 3. The van der Waals surface area contributed by atoms with Crippen LogP contribution in [0.25, 0.3) is 21.8 Å². The van der Waals surface area contributed by atoms with E-state index in [1.807, 2.05) is 33.8 Å². The lowest BCUT2D eigenvalue weighted by Gasteiger charge is -2.24. The zero-order chi connectivity index (χ0) is 35.8. The van der Waals surface area contributed by atoms with Crippen LogP contribution in [0.1, 0.15) is 75.4 Å². The SMILES string of the molecule is COc1ccc2c(C(=O)C(C)C)nn(CC(=O)COCCCN(CCC(C)C)C(=O)Cn3nc(C(=O)C(C)C)c4ccc(OC)cc43)c2c1. The number of carbonyl (C=O) groups excluding carboxylic acids is 4. The number of Topliss-reactive ketones (excluding diaryl/α,β-unsaturated/α-hetero) is 3. The maximum absolute atomic E-state index is 13.7. The van der Waals surface area contributed by atoms with E-state index < -0.39 is 0 Å². The Morgan fingerprint density at radius 1 is 0.735 bits per heavy atom. The van der Waals surface area contributed by atoms with E-state index >= 15 is 0 Å². The third-order valence-corrected chi connectivity index (χ3v) is 8.35. The molecule has 49 heavy (non-hydrogen) atoms. The second-order valence-electron chi connectivity index (χ2n) is 13.3. The molecule has 4 aromatic rings. The van der Waals surface area contributed by atoms with E-state index in [1.54, 1.807) is 54.1 Å². The molecule has 0 radical (unpaired) electrons. The Bertz CT molecular complexity index is 1800. The molecule has 12 nitrogen and oxygen atoms in total. The minimum Gasteiger partial charge on any atom is -0.497 e. The van der Waals surface area contributed by atoms with E-state index in [-0.39, 0.29) is 61.4 Å². The van der Waals surface area contributed by atoms with Gasteiger partial charge in [0.25, 0.3) is 0 Å². The number of rotatable bonds is 19. The molecule has 0 atom stereocenters. The molecule has 0 aliphatic rings. The van der Waals surface area contributed by atoms with Gasteiger partial charge in [0, 0.05) is 54.4 Å². The number of carbonyl (C=O) groups is 4. The van der Waals surface area contributed by atoms with E-state index in [9.17, 15) is 19.2 Å². The van der Waals surface area contributed by atoms with Gasteiger partial charge in [-0.25, -0.2) is 0 Å². The molecule has 1 amide bonds. The van der Waals surface area contributed by atoms with Crippen molar-refractivity contribution >= 4 is 45.1 Å². The Labute approximate surface area is 287 Å². The standard InChI is InChI=1S/C37H49N5O7/c1-23(2)14-16-40(33(44)21-42-32-19-28(48-8)11-13-30(32)35(39-42)37(46)25(5)6)15-9-17-49-22-26(43)20-41-31-18-27(47-7)10-12-29(31)34(38-41)36(45)24(3)4/h10-13,18-19,23-25H,9,14-17,20-22H2,1-8H3. The van der Waals surface area contributed by atoms with E-state index in [1.165, 1.54) is 4.68 Å². The van der Waals surface area contributed by atoms with Crippen LogP contribution in [0.5, 0.6) is 11.5 Å². The zero-order valence-electron chi connectivity index (χ0n) is 29.9. The summed E-state index contributed by atoms with van der Waals surface area (Å²) in [6.07, 6.45) is 1.34. The molecule has 4 rings (SSSR count). The lowest BCUT2D eigenvalue weighted by atomic mass is 10.0. The molecule has 0 saturated carbocycles. The molecule has 0 fully saturated rings. The third-order valence-electron chi connectivity index (χ3n) is 8.35. The third kappa shape index (κ3) is 9.11. The fraction of sp³-hybridized carbons (Fsp3) is 0.514. The van der Waals surface area contributed by atoms with Gasteiger partial charge in [0.1, 0.15) is 42.6 Å². The zero-order valence-corrected chi connectivity index (χ0v) is 29.9. The summed E-state index contributed by atoms with van der Waals surface area (Å²) in [6, 6.07) is 10.7. The van der Waals surface area contributed by atoms with Gasteiger partial charge in [-0.15, -0.1) is 0 Å². The maximum Gasteiger partial charge on any atom is 0.244 e. The molecule has 0 unspecified atom stereocenters. The van der Waals surface area contributed by atoms with Gasteiger partial charge in [0.15, 0.2) is 17.3 Å². The van der Waals surface area contributed by atoms with Gasteiger partial charge in [-0.3, -0.25) is 28.5 Å². The number of ether oxygens (including phenoxy) is 3. The number of nitrogens with zero attached hydrogens (tertiary/aromatic N) is 5. The quantitative estimate of drug-likeness (QED) is 0.0915. The summed E-state index contributed by atoms with van der Waals surface area (Å²) in [5, 5.41) is 10.4. The molecule has 264 valence electrons. The summed E-state index contributed by atoms with van der Waals surface area (Å²) in [6.45, 7) is 12.5. The van der Waals surface area contributed by atoms with E-state index in [2.05, 4.69) is 24.0 Å². The number of amides is 1. The van der Waals surface area contributed by atoms with Gasteiger partial charge < -0.3 is 19.1 Å². The van der Waals surface area contributed by atoms with Crippen LogP contribution in [0.3, 0.4) is 0 Å². The van der Waals surface area contributed by atoms with Crippen molar-refractivity contribution in [1.29, 1.82) is 0 Å². The van der Waals surface area contributed by atoms with Crippen molar-refractivity contribution in [2.24, 2.45) is 17.8 Å². The number of benzene rings is 2. The number of hydrogen-bond acceptors (Lipinski definition) is 9. The molecule has 0 bridgehead atoms. The van der Waals surface area contributed by atoms with Gasteiger partial charge in [-0.1, -0.05) is 41.5 Å². The van der Waals surface area contributed by atoms with E-state index in [4.69, 9.17) is 14.2 Å². The fourth-order valence-corrected chi connectivity index (χ4v) is 5.47. The van der Waals surface area contributed by atoms with Crippen LogP contribution in [0.2, 0.25) is 0 Å². The average molecular weight is 676 g/mol. The Balaban J connectivity index is 1.39. The predicted octanol–water partition coefficient (Wildman–Crippen LogP) is 5.63. The Kier molecular flexibility index (Phi) is 12.7. The Hall–Kier alpha value is -4.58. The van der Waals surface area contributed by atoms with Crippen LogP contribution in [-0.2, 0) is 27.4 Å². The highest BCUT2D eigenvalue weighted by Crippen LogP contribution is 2.27. The van der Waals surface area contributed by atoms with Gasteiger partial charge in [0.05, 0.1) is 25.3 Å². The van der Waals surface area contributed by atoms with Gasteiger partial charge in [-0.05, 0) is 43.0 Å². The van der Waals surface area contributed by atoms with Crippen LogP contribution in [0.4, 0.5) is 0 Å². The van der Waals surface area contributed by atoms with Crippen molar-refractivity contribution in [3.8, 4) is 11.5 Å². The summed E-state index contributed by atoms with van der Waals surface area (Å²) in [5.41, 5.74) is 1.97. The smallest absolute Gasteiger partial charge is 0.244 e. The molecular formula is C37H49N5O7. The average Bonchev–Trinajstić information content (AvgIpc) is 3.61. The first-order chi connectivity index (χ1) is 23.3. The summed E-state index contributed by atoms with van der Waals surface area (Å²) in [5.74, 6) is 0.607. The highest BCUT2D eigenvalue weighted by molar-refractivity contribution is 6.08. The topological polar surface area (TPSA) is 135 Å². The van der Waals surface area contributed by atoms with Crippen LogP contribution in [-0.4, -0.2) is 88.2 Å². The molecule has 0 spiro atoms. The van der Waals surface area contributed by atoms with Crippen molar-refractivity contribution in [3.63, 3.8) is 0 Å². The van der Waals surface area contributed by atoms with Crippen LogP contribution < -0.4 is 9.47 Å². The maximum atomic E-state index is 13.7. The summed E-state index contributed by atoms with van der Waals surface area (Å²) >= 11 is 0. The molecule has 0 N–H and O–H groups in total. The number of methoxy groups -OCH3 is 2. The molecule has 12 heteroatoms. The lowest BCUT2D eigenvalue weighted by molar-refractivity contribution is -0.132. The molecular weight excluding hydrogens is 626 g/mol. The van der Waals surface area contributed by atoms with Crippen LogP contribution in [0.15, 0.2) is 36.4 Å². The Morgan fingerprint density at radius 2 is 1.24 bits per heavy atom. The first-order valence-electron chi connectivity index (χ1n) is 16.9. The molecule has 0 aliphatic heterocycles. The number of aromatic nitrogens is 4. The monoisotopic (exact) mass is 675 g/mol. The second kappa shape index (κ2) is 16.7. The molecule has 0 saturated heterocycles. The van der Waals surface area contributed by atoms with Crippen LogP contribution >= 0.6 is 0 Å². The van der Waals surface area contributed by atoms with Crippen molar-refractivity contribution in [2.75, 3.05) is 40.5 Å². The second-order valence-corrected chi connectivity index (χ2v) is 13.3. The molecule has 0 aliphatic carbocycles. The molecule has 2 aromatic heterocycles. The minimum absolute atomic E-state index is 0.0314. The summed E-state index contributed by atoms with van der Waals surface area (Å²) < 4.78 is 19.6. The summed E-state index contributed by atoms with van der Waals surface area (Å²) in [7, 11) is 3.13. The molecule has 2 heterocycles. The van der Waals surface area contributed by atoms with Gasteiger partial charge in [0.2, 0.25) is 5.91 Å². The molecule has 2 aromatic carbocycles. The van der Waals surface area contributed by atoms with Crippen LogP contribution in [0, 0.1) is 17.8 Å². The number of fused-ring (bicyclic) bond motifs is 2. The first kappa shape index (κ1) is 37.2.